The Morgan fingerprint density at radius 2 is 2.23 bits per heavy atom. The lowest BCUT2D eigenvalue weighted by Gasteiger charge is -2.13. The first kappa shape index (κ1) is 10.6. The minimum absolute atomic E-state index is 0.338. The summed E-state index contributed by atoms with van der Waals surface area (Å²) in [4.78, 5) is 0. The van der Waals surface area contributed by atoms with Crippen LogP contribution in [-0.2, 0) is 0 Å². The Morgan fingerprint density at radius 1 is 1.54 bits per heavy atom. The van der Waals surface area contributed by atoms with E-state index in [1.807, 2.05) is 18.2 Å². The molecule has 1 rings (SSSR count). The van der Waals surface area contributed by atoms with Gasteiger partial charge in [-0.1, -0.05) is 25.1 Å². The van der Waals surface area contributed by atoms with E-state index in [1.54, 1.807) is 7.11 Å². The second-order valence-corrected chi connectivity index (χ2v) is 4.05. The molecule has 1 aromatic rings. The van der Waals surface area contributed by atoms with Gasteiger partial charge >= 0.3 is 0 Å². The Kier molecular flexibility index (Phi) is 3.78. The van der Waals surface area contributed by atoms with Crippen molar-refractivity contribution in [1.29, 1.82) is 0 Å². The molecule has 0 saturated heterocycles. The van der Waals surface area contributed by atoms with E-state index in [9.17, 15) is 0 Å². The predicted octanol–water partition coefficient (Wildman–Crippen LogP) is 3.59. The second kappa shape index (κ2) is 4.65. The van der Waals surface area contributed by atoms with Crippen LogP contribution in [0.1, 0.15) is 18.4 Å². The summed E-state index contributed by atoms with van der Waals surface area (Å²) in [7, 11) is 1.71. The van der Waals surface area contributed by atoms with E-state index in [2.05, 4.69) is 42.2 Å². The third-order valence-corrected chi connectivity index (χ3v) is 2.90. The average Bonchev–Trinajstić information content (AvgIpc) is 2.16. The van der Waals surface area contributed by atoms with Crippen LogP contribution in [0.5, 0.6) is 5.75 Å². The maximum atomic E-state index is 5.34. The summed E-state index contributed by atoms with van der Waals surface area (Å²) in [6.45, 7) is 5.90. The highest BCUT2D eigenvalue weighted by Crippen LogP contribution is 2.31. The smallest absolute Gasteiger partial charge is 0.135 e. The summed E-state index contributed by atoms with van der Waals surface area (Å²) in [5.41, 5.74) is 1.20. The molecule has 0 aliphatic rings. The summed E-state index contributed by atoms with van der Waals surface area (Å²) in [6, 6.07) is 6.16. The van der Waals surface area contributed by atoms with Crippen LogP contribution in [0.3, 0.4) is 0 Å². The molecule has 0 fully saturated rings. The molecule has 0 saturated carbocycles. The lowest BCUT2D eigenvalue weighted by Crippen LogP contribution is -1.96. The van der Waals surface area contributed by atoms with Gasteiger partial charge in [0.2, 0.25) is 0 Å². The Bertz CT molecular complexity index is 307. The molecule has 0 aliphatic heterocycles. The molecule has 13 heavy (non-hydrogen) atoms. The lowest BCUT2D eigenvalue weighted by molar-refractivity contribution is 0.405. The number of ether oxygens (including phenoxy) is 1. The Labute approximate surface area is 92.9 Å². The van der Waals surface area contributed by atoms with E-state index in [0.29, 0.717) is 5.92 Å². The number of allylic oxidation sites excluding steroid dienone is 1. The molecule has 0 radical (unpaired) electrons. The van der Waals surface area contributed by atoms with Crippen molar-refractivity contribution in [3.63, 3.8) is 0 Å². The van der Waals surface area contributed by atoms with Crippen LogP contribution in [0.25, 0.3) is 0 Å². The van der Waals surface area contributed by atoms with Crippen molar-refractivity contribution >= 4 is 22.6 Å². The predicted molar refractivity (Wildman–Crippen MR) is 64.3 cm³/mol. The van der Waals surface area contributed by atoms with Crippen molar-refractivity contribution in [3.05, 3.63) is 40.0 Å². The van der Waals surface area contributed by atoms with Gasteiger partial charge in [-0.15, -0.1) is 6.58 Å². The number of rotatable bonds is 3. The zero-order chi connectivity index (χ0) is 9.84. The lowest BCUT2D eigenvalue weighted by atomic mass is 10.0. The molecule has 0 aromatic heterocycles. The third kappa shape index (κ3) is 2.24. The fraction of sp³-hybridized carbons (Fsp3) is 0.273. The molecular weight excluding hydrogens is 275 g/mol. The van der Waals surface area contributed by atoms with Crippen LogP contribution < -0.4 is 4.74 Å². The van der Waals surface area contributed by atoms with Gasteiger partial charge in [-0.3, -0.25) is 0 Å². The molecule has 0 spiro atoms. The van der Waals surface area contributed by atoms with Crippen molar-refractivity contribution in [2.45, 2.75) is 12.8 Å². The fourth-order valence-electron chi connectivity index (χ4n) is 1.23. The van der Waals surface area contributed by atoms with Gasteiger partial charge in [-0.05, 0) is 28.7 Å². The van der Waals surface area contributed by atoms with Crippen LogP contribution in [0.15, 0.2) is 30.9 Å². The number of hydrogen-bond donors (Lipinski definition) is 0. The molecular formula is C11H13IO. The maximum absolute atomic E-state index is 5.34. The summed E-state index contributed by atoms with van der Waals surface area (Å²) in [5, 5.41) is 0. The van der Waals surface area contributed by atoms with Crippen LogP contribution >= 0.6 is 22.6 Å². The van der Waals surface area contributed by atoms with Crippen molar-refractivity contribution in [1.82, 2.24) is 0 Å². The zero-order valence-corrected chi connectivity index (χ0v) is 10.0. The summed E-state index contributed by atoms with van der Waals surface area (Å²) in [5.74, 6) is 1.31. The molecule has 1 atom stereocenters. The number of methoxy groups -OCH3 is 1. The first-order chi connectivity index (χ1) is 6.20. The monoisotopic (exact) mass is 288 g/mol. The van der Waals surface area contributed by atoms with Crippen LogP contribution in [0.2, 0.25) is 0 Å². The first-order valence-electron chi connectivity index (χ1n) is 4.15. The van der Waals surface area contributed by atoms with Crippen molar-refractivity contribution in [2.24, 2.45) is 0 Å². The molecule has 2 heteroatoms. The van der Waals surface area contributed by atoms with Crippen LogP contribution in [-0.4, -0.2) is 7.11 Å². The molecule has 0 heterocycles. The zero-order valence-electron chi connectivity index (χ0n) is 7.88. The molecule has 1 aromatic carbocycles. The van der Waals surface area contributed by atoms with E-state index >= 15 is 0 Å². The minimum atomic E-state index is 0.338. The molecule has 70 valence electrons. The Hall–Kier alpha value is -0.510. The maximum Gasteiger partial charge on any atom is 0.135 e. The van der Waals surface area contributed by atoms with E-state index in [-0.39, 0.29) is 0 Å². The largest absolute Gasteiger partial charge is 0.495 e. The van der Waals surface area contributed by atoms with Gasteiger partial charge in [0.15, 0.2) is 0 Å². The quantitative estimate of drug-likeness (QED) is 0.610. The first-order valence-corrected chi connectivity index (χ1v) is 5.23. The molecule has 0 N–H and O–H groups in total. The van der Waals surface area contributed by atoms with Crippen molar-refractivity contribution in [2.75, 3.05) is 7.11 Å². The van der Waals surface area contributed by atoms with Gasteiger partial charge in [-0.25, -0.2) is 0 Å². The fourth-order valence-corrected chi connectivity index (χ4v) is 1.97. The van der Waals surface area contributed by atoms with E-state index in [1.165, 1.54) is 5.56 Å². The van der Waals surface area contributed by atoms with Gasteiger partial charge < -0.3 is 4.74 Å². The topological polar surface area (TPSA) is 9.23 Å². The standard InChI is InChI=1S/C11H13IO/c1-4-8(2)9-6-5-7-10(12)11(9)13-3/h4-8H,1H2,2-3H3. The third-order valence-electron chi connectivity index (χ3n) is 2.05. The molecule has 1 unspecified atom stereocenters. The van der Waals surface area contributed by atoms with Crippen LogP contribution in [0.4, 0.5) is 0 Å². The highest BCUT2D eigenvalue weighted by atomic mass is 127. The average molecular weight is 288 g/mol. The summed E-state index contributed by atoms with van der Waals surface area (Å²) < 4.78 is 6.49. The summed E-state index contributed by atoms with van der Waals surface area (Å²) in [6.07, 6.45) is 1.92. The molecule has 0 bridgehead atoms. The van der Waals surface area contributed by atoms with Crippen LogP contribution in [0, 0.1) is 3.57 Å². The minimum Gasteiger partial charge on any atom is -0.495 e. The number of para-hydroxylation sites is 1. The normalized spacial score (nSPS) is 12.2. The van der Waals surface area contributed by atoms with Gasteiger partial charge in [0.05, 0.1) is 10.7 Å². The van der Waals surface area contributed by atoms with E-state index < -0.39 is 0 Å². The van der Waals surface area contributed by atoms with Crippen molar-refractivity contribution in [3.8, 4) is 5.75 Å². The Balaban J connectivity index is 3.19. The molecule has 1 nitrogen and oxygen atoms in total. The highest BCUT2D eigenvalue weighted by molar-refractivity contribution is 14.1. The highest BCUT2D eigenvalue weighted by Gasteiger charge is 2.10. The van der Waals surface area contributed by atoms with E-state index in [0.717, 1.165) is 9.32 Å². The molecule has 0 amide bonds. The number of hydrogen-bond acceptors (Lipinski definition) is 1. The van der Waals surface area contributed by atoms with Gasteiger partial charge in [0.1, 0.15) is 5.75 Å². The SMILES string of the molecule is C=CC(C)c1cccc(I)c1OC. The van der Waals surface area contributed by atoms with Gasteiger partial charge in [0, 0.05) is 11.5 Å². The van der Waals surface area contributed by atoms with E-state index in [4.69, 9.17) is 4.74 Å². The molecule has 0 aliphatic carbocycles. The van der Waals surface area contributed by atoms with Gasteiger partial charge in [-0.2, -0.15) is 0 Å². The number of benzene rings is 1. The Morgan fingerprint density at radius 3 is 2.77 bits per heavy atom. The summed E-state index contributed by atoms with van der Waals surface area (Å²) >= 11 is 2.28. The van der Waals surface area contributed by atoms with Gasteiger partial charge in [0.25, 0.3) is 0 Å². The second-order valence-electron chi connectivity index (χ2n) is 2.89. The van der Waals surface area contributed by atoms with Crippen molar-refractivity contribution < 1.29 is 4.74 Å². The number of halogens is 1.